The minimum absolute atomic E-state index is 0.0900. The summed E-state index contributed by atoms with van der Waals surface area (Å²) in [7, 11) is 1.62. The molecule has 0 bridgehead atoms. The van der Waals surface area contributed by atoms with Gasteiger partial charge < -0.3 is 29.5 Å². The van der Waals surface area contributed by atoms with Gasteiger partial charge in [0.25, 0.3) is 17.4 Å². The number of nitrogens with zero attached hydrogens (tertiary/aromatic N) is 5. The van der Waals surface area contributed by atoms with Crippen molar-refractivity contribution >= 4 is 28.7 Å². The molecule has 4 heterocycles. The van der Waals surface area contributed by atoms with E-state index in [0.717, 1.165) is 11.3 Å². The molecule has 0 spiro atoms. The van der Waals surface area contributed by atoms with Crippen LogP contribution in [-0.2, 0) is 18.3 Å². The lowest BCUT2D eigenvalue weighted by Crippen LogP contribution is -2.37. The smallest absolute Gasteiger partial charge is 0.277 e. The second-order valence-corrected chi connectivity index (χ2v) is 9.93. The SMILES string of the molecule is Cn1ccn2ncc(C(=O)Nc3cc4c(cc3N3CCOCC3)C(=O)N(CCC(C)(C)O)C4)c2c1=O. The molecule has 11 heteroatoms. The Balaban J connectivity index is 1.50. The number of carbonyl (C=O) groups is 2. The van der Waals surface area contributed by atoms with Crippen molar-refractivity contribution in [3.63, 3.8) is 0 Å². The first kappa shape index (κ1) is 24.0. The molecule has 190 valence electrons. The van der Waals surface area contributed by atoms with Crippen LogP contribution in [0, 0.1) is 0 Å². The van der Waals surface area contributed by atoms with Crippen LogP contribution in [0.25, 0.3) is 5.52 Å². The summed E-state index contributed by atoms with van der Waals surface area (Å²) in [4.78, 5) is 43.0. The summed E-state index contributed by atoms with van der Waals surface area (Å²) in [6, 6.07) is 3.67. The highest BCUT2D eigenvalue weighted by Crippen LogP contribution is 2.35. The van der Waals surface area contributed by atoms with Gasteiger partial charge in [-0.15, -0.1) is 0 Å². The van der Waals surface area contributed by atoms with Crippen LogP contribution in [0.15, 0.2) is 35.5 Å². The van der Waals surface area contributed by atoms with E-state index in [2.05, 4.69) is 15.3 Å². The van der Waals surface area contributed by atoms with Crippen LogP contribution in [0.3, 0.4) is 0 Å². The molecule has 2 N–H and O–H groups in total. The second kappa shape index (κ2) is 9.07. The Labute approximate surface area is 207 Å². The molecule has 0 aliphatic carbocycles. The van der Waals surface area contributed by atoms with Crippen molar-refractivity contribution in [2.24, 2.45) is 7.05 Å². The molecular formula is C25H30N6O5. The van der Waals surface area contributed by atoms with Gasteiger partial charge in [0, 0.05) is 51.2 Å². The van der Waals surface area contributed by atoms with Crippen LogP contribution in [0.2, 0.25) is 0 Å². The van der Waals surface area contributed by atoms with Gasteiger partial charge in [0.1, 0.15) is 5.52 Å². The number of amides is 2. The molecule has 2 aromatic heterocycles. The molecule has 2 amide bonds. The first-order valence-corrected chi connectivity index (χ1v) is 12.0. The van der Waals surface area contributed by atoms with Gasteiger partial charge in [0.15, 0.2) is 0 Å². The first-order chi connectivity index (χ1) is 17.1. The van der Waals surface area contributed by atoms with Gasteiger partial charge in [-0.3, -0.25) is 14.4 Å². The molecule has 1 saturated heterocycles. The summed E-state index contributed by atoms with van der Waals surface area (Å²) in [5.41, 5.74) is 1.85. The zero-order valence-electron chi connectivity index (χ0n) is 20.7. The molecule has 1 aromatic carbocycles. The van der Waals surface area contributed by atoms with E-state index in [-0.39, 0.29) is 22.5 Å². The number of hydrogen-bond acceptors (Lipinski definition) is 7. The highest BCUT2D eigenvalue weighted by atomic mass is 16.5. The van der Waals surface area contributed by atoms with Crippen molar-refractivity contribution in [2.45, 2.75) is 32.4 Å². The predicted octanol–water partition coefficient (Wildman–Crippen LogP) is 1.24. The van der Waals surface area contributed by atoms with Gasteiger partial charge in [0.2, 0.25) is 0 Å². The Hall–Kier alpha value is -3.70. The van der Waals surface area contributed by atoms with Crippen molar-refractivity contribution in [1.82, 2.24) is 19.1 Å². The van der Waals surface area contributed by atoms with Crippen LogP contribution in [0.4, 0.5) is 11.4 Å². The van der Waals surface area contributed by atoms with E-state index in [1.165, 1.54) is 15.3 Å². The fourth-order valence-corrected chi connectivity index (χ4v) is 4.61. The fraction of sp³-hybridized carbons (Fsp3) is 0.440. The number of rotatable bonds is 6. The van der Waals surface area contributed by atoms with E-state index in [4.69, 9.17) is 4.74 Å². The minimum atomic E-state index is -0.876. The number of nitrogens with one attached hydrogen (secondary N) is 1. The maximum absolute atomic E-state index is 13.4. The summed E-state index contributed by atoms with van der Waals surface area (Å²) < 4.78 is 8.28. The first-order valence-electron chi connectivity index (χ1n) is 12.0. The maximum atomic E-state index is 13.4. The third-order valence-corrected chi connectivity index (χ3v) is 6.69. The minimum Gasteiger partial charge on any atom is -0.390 e. The van der Waals surface area contributed by atoms with E-state index >= 15 is 0 Å². The fourth-order valence-electron chi connectivity index (χ4n) is 4.61. The molecule has 36 heavy (non-hydrogen) atoms. The van der Waals surface area contributed by atoms with Gasteiger partial charge in [-0.2, -0.15) is 5.10 Å². The van der Waals surface area contributed by atoms with Crippen LogP contribution in [0.5, 0.6) is 0 Å². The molecule has 0 unspecified atom stereocenters. The van der Waals surface area contributed by atoms with Crippen molar-refractivity contribution < 1.29 is 19.4 Å². The third-order valence-electron chi connectivity index (χ3n) is 6.69. The molecule has 0 atom stereocenters. The lowest BCUT2D eigenvalue weighted by molar-refractivity contribution is 0.0517. The van der Waals surface area contributed by atoms with E-state index in [0.29, 0.717) is 57.1 Å². The molecule has 2 aliphatic rings. The monoisotopic (exact) mass is 494 g/mol. The molecule has 3 aromatic rings. The van der Waals surface area contributed by atoms with Gasteiger partial charge in [-0.1, -0.05) is 0 Å². The van der Waals surface area contributed by atoms with Crippen molar-refractivity contribution in [2.75, 3.05) is 43.1 Å². The summed E-state index contributed by atoms with van der Waals surface area (Å²) >= 11 is 0. The number of carbonyl (C=O) groups excluding carboxylic acids is 2. The summed E-state index contributed by atoms with van der Waals surface area (Å²) in [5, 5.41) is 17.2. The average Bonchev–Trinajstić information content (AvgIpc) is 3.41. The van der Waals surface area contributed by atoms with E-state index in [9.17, 15) is 19.5 Å². The van der Waals surface area contributed by atoms with Crippen molar-refractivity contribution in [3.05, 3.63) is 57.8 Å². The number of morpholine rings is 1. The number of aliphatic hydroxyl groups is 1. The Kier molecular flexibility index (Phi) is 6.05. The third kappa shape index (κ3) is 4.47. The average molecular weight is 495 g/mol. The Morgan fingerprint density at radius 2 is 1.94 bits per heavy atom. The zero-order valence-corrected chi connectivity index (χ0v) is 20.7. The molecular weight excluding hydrogens is 464 g/mol. The van der Waals surface area contributed by atoms with E-state index in [1.54, 1.807) is 38.2 Å². The summed E-state index contributed by atoms with van der Waals surface area (Å²) in [6.07, 6.45) is 5.05. The number of aromatic nitrogens is 3. The zero-order chi connectivity index (χ0) is 25.6. The highest BCUT2D eigenvalue weighted by Gasteiger charge is 2.31. The molecule has 11 nitrogen and oxygen atoms in total. The van der Waals surface area contributed by atoms with E-state index < -0.39 is 11.5 Å². The molecule has 1 fully saturated rings. The van der Waals surface area contributed by atoms with Gasteiger partial charge in [0.05, 0.1) is 41.9 Å². The number of ether oxygens (including phenoxy) is 1. The van der Waals surface area contributed by atoms with Crippen LogP contribution < -0.4 is 15.8 Å². The highest BCUT2D eigenvalue weighted by molar-refractivity contribution is 6.11. The number of fused-ring (bicyclic) bond motifs is 2. The predicted molar refractivity (Wildman–Crippen MR) is 134 cm³/mol. The Morgan fingerprint density at radius 1 is 1.19 bits per heavy atom. The Morgan fingerprint density at radius 3 is 2.67 bits per heavy atom. The second-order valence-electron chi connectivity index (χ2n) is 9.93. The van der Waals surface area contributed by atoms with Crippen molar-refractivity contribution in [3.8, 4) is 0 Å². The van der Waals surface area contributed by atoms with Crippen molar-refractivity contribution in [1.29, 1.82) is 0 Å². The normalized spacial score (nSPS) is 16.1. The lowest BCUT2D eigenvalue weighted by Gasteiger charge is -2.31. The van der Waals surface area contributed by atoms with Crippen LogP contribution in [-0.4, -0.2) is 74.5 Å². The van der Waals surface area contributed by atoms with Gasteiger partial charge >= 0.3 is 0 Å². The topological polar surface area (TPSA) is 121 Å². The maximum Gasteiger partial charge on any atom is 0.277 e. The van der Waals surface area contributed by atoms with E-state index in [1.807, 2.05) is 12.1 Å². The number of anilines is 2. The number of aryl methyl sites for hydroxylation is 1. The summed E-state index contributed by atoms with van der Waals surface area (Å²) in [6.45, 7) is 6.59. The molecule has 2 aliphatic heterocycles. The standard InChI is InChI=1S/C25H30N6O5/c1-25(2,35)4-5-30-15-16-12-19(20(13-17(16)23(30)33)29-8-10-36-11-9-29)27-22(32)18-14-26-31-7-6-28(3)24(34)21(18)31/h6-7,12-14,35H,4-5,8-11,15H2,1-3H3,(H,27,32). The lowest BCUT2D eigenvalue weighted by atomic mass is 10.1. The largest absolute Gasteiger partial charge is 0.390 e. The van der Waals surface area contributed by atoms with Gasteiger partial charge in [-0.25, -0.2) is 4.52 Å². The molecule has 0 saturated carbocycles. The molecule has 0 radical (unpaired) electrons. The summed E-state index contributed by atoms with van der Waals surface area (Å²) in [5.74, 6) is -0.543. The Bertz CT molecular complexity index is 1400. The van der Waals surface area contributed by atoms with Crippen LogP contribution in [0.1, 0.15) is 46.5 Å². The van der Waals surface area contributed by atoms with Crippen LogP contribution >= 0.6 is 0 Å². The van der Waals surface area contributed by atoms with Gasteiger partial charge in [-0.05, 0) is 38.0 Å². The molecule has 5 rings (SSSR count). The quantitative estimate of drug-likeness (QED) is 0.529. The number of hydrogen-bond donors (Lipinski definition) is 2. The number of benzene rings is 1.